The summed E-state index contributed by atoms with van der Waals surface area (Å²) < 4.78 is 0. The number of allylic oxidation sites excluding steroid dienone is 1. The first-order valence-electron chi connectivity index (χ1n) is 6.07. The number of hydrogen-bond acceptors (Lipinski definition) is 3. The van der Waals surface area contributed by atoms with Crippen molar-refractivity contribution in [1.29, 1.82) is 0 Å². The van der Waals surface area contributed by atoms with Crippen LogP contribution < -0.4 is 20.8 Å². The second-order valence-electron chi connectivity index (χ2n) is 4.07. The van der Waals surface area contributed by atoms with Gasteiger partial charge in [0.1, 0.15) is 5.82 Å². The highest BCUT2D eigenvalue weighted by Crippen LogP contribution is 2.06. The average Bonchev–Trinajstić information content (AvgIpc) is 2.40. The Balaban J connectivity index is 2.40. The van der Waals surface area contributed by atoms with Gasteiger partial charge in [-0.1, -0.05) is 18.7 Å². The highest BCUT2D eigenvalue weighted by atomic mass is 15.2. The van der Waals surface area contributed by atoms with E-state index in [0.717, 1.165) is 42.6 Å². The maximum Gasteiger partial charge on any atom is 0.129 e. The van der Waals surface area contributed by atoms with Gasteiger partial charge >= 0.3 is 0 Å². The summed E-state index contributed by atoms with van der Waals surface area (Å²) in [7, 11) is 0. The maximum atomic E-state index is 4.70. The van der Waals surface area contributed by atoms with Gasteiger partial charge in [-0.2, -0.15) is 0 Å². The van der Waals surface area contributed by atoms with Gasteiger partial charge in [-0.3, -0.25) is 0 Å². The van der Waals surface area contributed by atoms with Gasteiger partial charge < -0.3 is 10.2 Å². The van der Waals surface area contributed by atoms with Crippen molar-refractivity contribution < 1.29 is 0 Å². The Morgan fingerprint density at radius 1 is 1.35 bits per heavy atom. The summed E-state index contributed by atoms with van der Waals surface area (Å²) in [6.45, 7) is 9.88. The first-order valence-corrected chi connectivity index (χ1v) is 6.07. The fourth-order valence-electron chi connectivity index (χ4n) is 2.03. The third kappa shape index (κ3) is 2.74. The van der Waals surface area contributed by atoms with Crippen LogP contribution in [0.15, 0.2) is 24.8 Å². The molecule has 0 amide bonds. The Morgan fingerprint density at radius 3 is 2.76 bits per heavy atom. The lowest BCUT2D eigenvalue weighted by atomic mass is 10.3. The molecule has 17 heavy (non-hydrogen) atoms. The van der Waals surface area contributed by atoms with Crippen molar-refractivity contribution in [3.8, 4) is 0 Å². The zero-order valence-corrected chi connectivity index (χ0v) is 10.3. The molecule has 1 aromatic heterocycles. The topological polar surface area (TPSA) is 28.2 Å². The van der Waals surface area contributed by atoms with Gasteiger partial charge in [0.2, 0.25) is 0 Å². The number of hydrogen-bond donors (Lipinski definition) is 1. The molecular formula is C14H19N3. The molecule has 1 aliphatic rings. The Hall–Kier alpha value is -1.61. The second-order valence-corrected chi connectivity index (χ2v) is 4.07. The van der Waals surface area contributed by atoms with Gasteiger partial charge in [0.25, 0.3) is 0 Å². The third-order valence-electron chi connectivity index (χ3n) is 2.97. The molecule has 0 aliphatic carbocycles. The van der Waals surface area contributed by atoms with Gasteiger partial charge in [0, 0.05) is 26.2 Å². The summed E-state index contributed by atoms with van der Waals surface area (Å²) in [5.74, 6) is 1.06. The van der Waals surface area contributed by atoms with E-state index in [1.54, 1.807) is 6.08 Å². The molecule has 0 aromatic carbocycles. The van der Waals surface area contributed by atoms with E-state index in [4.69, 9.17) is 4.98 Å². The normalized spacial score (nSPS) is 18.5. The molecule has 0 radical (unpaired) electrons. The van der Waals surface area contributed by atoms with Crippen molar-refractivity contribution in [3.05, 3.63) is 35.4 Å². The summed E-state index contributed by atoms with van der Waals surface area (Å²) in [6.07, 6.45) is 5.82. The van der Waals surface area contributed by atoms with Crippen molar-refractivity contribution in [1.82, 2.24) is 10.3 Å². The van der Waals surface area contributed by atoms with Crippen molar-refractivity contribution in [2.45, 2.75) is 6.92 Å². The molecule has 90 valence electrons. The van der Waals surface area contributed by atoms with Crippen molar-refractivity contribution in [3.63, 3.8) is 0 Å². The molecule has 0 unspecified atom stereocenters. The first-order chi connectivity index (χ1) is 8.35. The fourth-order valence-corrected chi connectivity index (χ4v) is 2.03. The van der Waals surface area contributed by atoms with E-state index in [2.05, 4.69) is 35.0 Å². The van der Waals surface area contributed by atoms with Crippen LogP contribution in [0.2, 0.25) is 0 Å². The number of nitrogens with zero attached hydrogens (tertiary/aromatic N) is 2. The average molecular weight is 229 g/mol. The van der Waals surface area contributed by atoms with Gasteiger partial charge in [-0.15, -0.1) is 0 Å². The zero-order valence-electron chi connectivity index (χ0n) is 10.3. The van der Waals surface area contributed by atoms with E-state index in [1.165, 1.54) is 0 Å². The Kier molecular flexibility index (Phi) is 3.94. The van der Waals surface area contributed by atoms with Crippen LogP contribution in [0.1, 0.15) is 6.92 Å². The predicted molar refractivity (Wildman–Crippen MR) is 73.4 cm³/mol. The highest BCUT2D eigenvalue weighted by molar-refractivity contribution is 5.43. The van der Waals surface area contributed by atoms with E-state index in [0.29, 0.717) is 0 Å². The monoisotopic (exact) mass is 229 g/mol. The summed E-state index contributed by atoms with van der Waals surface area (Å²) in [4.78, 5) is 7.01. The predicted octanol–water partition coefficient (Wildman–Crippen LogP) is 0.258. The number of piperazine rings is 1. The first kappa shape index (κ1) is 11.9. The van der Waals surface area contributed by atoms with Crippen LogP contribution in [0.25, 0.3) is 12.2 Å². The standard InChI is InChI=1S/C14H19N3/c1-3-5-13-12(4-2)6-7-14(16-13)17-10-8-15-9-11-17/h3-7,15H,1,8-11H2,2H3/b12-4-,13-5+. The van der Waals surface area contributed by atoms with E-state index in [9.17, 15) is 0 Å². The van der Waals surface area contributed by atoms with Crippen molar-refractivity contribution in [2.75, 3.05) is 31.1 Å². The van der Waals surface area contributed by atoms with Crippen LogP contribution in [0.4, 0.5) is 5.82 Å². The van der Waals surface area contributed by atoms with Crippen molar-refractivity contribution >= 4 is 18.0 Å². The molecule has 1 fully saturated rings. The summed E-state index contributed by atoms with van der Waals surface area (Å²) in [6, 6.07) is 4.22. The van der Waals surface area contributed by atoms with Crippen LogP contribution in [0.3, 0.4) is 0 Å². The molecule has 1 N–H and O–H groups in total. The van der Waals surface area contributed by atoms with E-state index in [1.807, 2.05) is 13.0 Å². The van der Waals surface area contributed by atoms with Gasteiger partial charge in [-0.25, -0.2) is 4.98 Å². The molecule has 2 heterocycles. The number of nitrogens with one attached hydrogen (secondary N) is 1. The lowest BCUT2D eigenvalue weighted by Gasteiger charge is -2.28. The molecule has 1 aliphatic heterocycles. The lowest BCUT2D eigenvalue weighted by Crippen LogP contribution is -2.45. The van der Waals surface area contributed by atoms with Gasteiger partial charge in [-0.05, 0) is 30.4 Å². The summed E-state index contributed by atoms with van der Waals surface area (Å²) in [5.41, 5.74) is 0. The minimum Gasteiger partial charge on any atom is -0.354 e. The third-order valence-corrected chi connectivity index (χ3v) is 2.97. The number of anilines is 1. The van der Waals surface area contributed by atoms with Crippen LogP contribution >= 0.6 is 0 Å². The van der Waals surface area contributed by atoms with E-state index in [-0.39, 0.29) is 0 Å². The number of rotatable bonds is 2. The van der Waals surface area contributed by atoms with Crippen LogP contribution in [0.5, 0.6) is 0 Å². The maximum absolute atomic E-state index is 4.70. The fraction of sp³-hybridized carbons (Fsp3) is 0.357. The summed E-state index contributed by atoms with van der Waals surface area (Å²) >= 11 is 0. The second kappa shape index (κ2) is 5.64. The largest absolute Gasteiger partial charge is 0.354 e. The molecule has 0 bridgehead atoms. The van der Waals surface area contributed by atoms with E-state index < -0.39 is 0 Å². The molecule has 0 atom stereocenters. The molecule has 1 saturated heterocycles. The van der Waals surface area contributed by atoms with Crippen molar-refractivity contribution in [2.24, 2.45) is 0 Å². The quantitative estimate of drug-likeness (QED) is 0.788. The molecule has 2 rings (SSSR count). The molecule has 3 heteroatoms. The minimum atomic E-state index is 0.999. The molecule has 3 nitrogen and oxygen atoms in total. The number of pyridine rings is 1. The minimum absolute atomic E-state index is 0.999. The number of aromatic nitrogens is 1. The van der Waals surface area contributed by atoms with Crippen LogP contribution in [-0.4, -0.2) is 31.2 Å². The lowest BCUT2D eigenvalue weighted by molar-refractivity contribution is 0.584. The molecular weight excluding hydrogens is 210 g/mol. The van der Waals surface area contributed by atoms with Gasteiger partial charge in [0.05, 0.1) is 5.35 Å². The smallest absolute Gasteiger partial charge is 0.129 e. The molecule has 0 saturated carbocycles. The Morgan fingerprint density at radius 2 is 2.12 bits per heavy atom. The Bertz CT molecular complexity index is 499. The van der Waals surface area contributed by atoms with Gasteiger partial charge in [0.15, 0.2) is 0 Å². The summed E-state index contributed by atoms with van der Waals surface area (Å²) in [5, 5.41) is 5.50. The van der Waals surface area contributed by atoms with E-state index >= 15 is 0 Å². The molecule has 0 spiro atoms. The highest BCUT2D eigenvalue weighted by Gasteiger charge is 2.10. The Labute approximate surface area is 102 Å². The SMILES string of the molecule is C=C/C=c1/nc(N2CCNCC2)cc/c1=C/C. The van der Waals surface area contributed by atoms with Crippen LogP contribution in [-0.2, 0) is 0 Å². The molecule has 1 aromatic rings. The zero-order chi connectivity index (χ0) is 12.1. The van der Waals surface area contributed by atoms with Crippen LogP contribution in [0, 0.1) is 0 Å².